The van der Waals surface area contributed by atoms with E-state index in [1.165, 1.54) is 11.8 Å². The van der Waals surface area contributed by atoms with Crippen LogP contribution in [0.15, 0.2) is 71.2 Å². The van der Waals surface area contributed by atoms with Crippen LogP contribution in [0.5, 0.6) is 0 Å². The lowest BCUT2D eigenvalue weighted by molar-refractivity contribution is -0.117. The van der Waals surface area contributed by atoms with Crippen molar-refractivity contribution in [3.05, 3.63) is 77.2 Å². The lowest BCUT2D eigenvalue weighted by Crippen LogP contribution is -2.35. The van der Waals surface area contributed by atoms with E-state index in [0.717, 1.165) is 21.7 Å². The summed E-state index contributed by atoms with van der Waals surface area (Å²) in [6, 6.07) is 18.8. The van der Waals surface area contributed by atoms with Crippen molar-refractivity contribution in [3.63, 3.8) is 0 Å². The summed E-state index contributed by atoms with van der Waals surface area (Å²) in [6.07, 6.45) is 0. The number of amides is 3. The van der Waals surface area contributed by atoms with Crippen molar-refractivity contribution in [2.75, 3.05) is 11.1 Å². The smallest absolute Gasteiger partial charge is 0.307 e. The third-order valence-electron chi connectivity index (χ3n) is 4.60. The van der Waals surface area contributed by atoms with Crippen LogP contribution in [0.3, 0.4) is 0 Å². The number of rotatable bonds is 6. The number of nitrogens with one attached hydrogen (secondary N) is 2. The Bertz CT molecular complexity index is 1240. The van der Waals surface area contributed by atoms with E-state index in [-0.39, 0.29) is 5.75 Å². The molecule has 0 atom stereocenters. The number of hydrogen-bond donors (Lipinski definition) is 2. The summed E-state index contributed by atoms with van der Waals surface area (Å²) in [5.74, 6) is 0.314. The third kappa shape index (κ3) is 5.06. The number of urea groups is 1. The van der Waals surface area contributed by atoms with Crippen molar-refractivity contribution in [2.45, 2.75) is 19.0 Å². The van der Waals surface area contributed by atoms with Crippen LogP contribution in [0.1, 0.15) is 11.1 Å². The SMILES string of the molecule is Cc1ccc(NC(=O)NC(=O)CSc2nnc(-c3cccs3)n2-c2ccccc2)c(C)c1. The molecular weight excluding hydrogens is 442 g/mol. The minimum Gasteiger partial charge on any atom is -0.307 e. The van der Waals surface area contributed by atoms with Gasteiger partial charge in [0.05, 0.1) is 10.6 Å². The topological polar surface area (TPSA) is 88.9 Å². The number of para-hydroxylation sites is 1. The zero-order valence-corrected chi connectivity index (χ0v) is 19.2. The van der Waals surface area contributed by atoms with Crippen molar-refractivity contribution >= 4 is 40.7 Å². The van der Waals surface area contributed by atoms with Gasteiger partial charge in [0.1, 0.15) is 0 Å². The van der Waals surface area contributed by atoms with Crippen molar-refractivity contribution in [3.8, 4) is 16.4 Å². The summed E-state index contributed by atoms with van der Waals surface area (Å²) in [5.41, 5.74) is 3.60. The quantitative estimate of drug-likeness (QED) is 0.391. The molecule has 2 aromatic carbocycles. The van der Waals surface area contributed by atoms with E-state index in [9.17, 15) is 9.59 Å². The van der Waals surface area contributed by atoms with Crippen LogP contribution in [0.25, 0.3) is 16.4 Å². The van der Waals surface area contributed by atoms with Gasteiger partial charge in [-0.1, -0.05) is 53.7 Å². The Balaban J connectivity index is 1.44. The summed E-state index contributed by atoms with van der Waals surface area (Å²) in [7, 11) is 0. The van der Waals surface area contributed by atoms with Gasteiger partial charge >= 0.3 is 6.03 Å². The number of benzene rings is 2. The molecule has 7 nitrogen and oxygen atoms in total. The average Bonchev–Trinajstić information content (AvgIpc) is 3.44. The summed E-state index contributed by atoms with van der Waals surface area (Å²) in [4.78, 5) is 25.6. The van der Waals surface area contributed by atoms with Crippen LogP contribution in [-0.4, -0.2) is 32.5 Å². The van der Waals surface area contributed by atoms with Crippen LogP contribution in [-0.2, 0) is 4.79 Å². The van der Waals surface area contributed by atoms with Crippen LogP contribution in [0.2, 0.25) is 0 Å². The number of carbonyl (C=O) groups excluding carboxylic acids is 2. The van der Waals surface area contributed by atoms with Crippen LogP contribution >= 0.6 is 23.1 Å². The molecule has 4 rings (SSSR count). The lowest BCUT2D eigenvalue weighted by atomic mass is 10.1. The van der Waals surface area contributed by atoms with Gasteiger partial charge in [0, 0.05) is 11.4 Å². The second-order valence-corrected chi connectivity index (χ2v) is 8.95. The fourth-order valence-electron chi connectivity index (χ4n) is 3.14. The van der Waals surface area contributed by atoms with Gasteiger partial charge in [0.15, 0.2) is 11.0 Å². The zero-order valence-electron chi connectivity index (χ0n) is 17.5. The maximum absolute atomic E-state index is 12.4. The number of hydrogen-bond acceptors (Lipinski definition) is 6. The molecule has 2 aromatic heterocycles. The normalized spacial score (nSPS) is 10.7. The van der Waals surface area contributed by atoms with E-state index in [2.05, 4.69) is 20.8 Å². The van der Waals surface area contributed by atoms with Crippen molar-refractivity contribution in [1.82, 2.24) is 20.1 Å². The number of thiophene rings is 1. The largest absolute Gasteiger partial charge is 0.325 e. The van der Waals surface area contributed by atoms with Gasteiger partial charge in [-0.2, -0.15) is 0 Å². The Kier molecular flexibility index (Phi) is 6.67. The molecule has 0 fully saturated rings. The number of thioether (sulfide) groups is 1. The molecule has 0 unspecified atom stereocenters. The second kappa shape index (κ2) is 9.80. The summed E-state index contributed by atoms with van der Waals surface area (Å²) in [5, 5.41) is 16.3. The minimum absolute atomic E-state index is 0.0235. The molecule has 162 valence electrons. The Hall–Kier alpha value is -3.43. The monoisotopic (exact) mass is 463 g/mol. The van der Waals surface area contributed by atoms with Crippen LogP contribution in [0, 0.1) is 13.8 Å². The maximum Gasteiger partial charge on any atom is 0.325 e. The molecule has 2 N–H and O–H groups in total. The first-order valence-corrected chi connectivity index (χ1v) is 11.7. The van der Waals surface area contributed by atoms with Crippen molar-refractivity contribution in [1.29, 1.82) is 0 Å². The van der Waals surface area contributed by atoms with Gasteiger partial charge in [-0.3, -0.25) is 14.7 Å². The number of carbonyl (C=O) groups is 2. The average molecular weight is 464 g/mol. The summed E-state index contributed by atoms with van der Waals surface area (Å²) in [6.45, 7) is 3.89. The second-order valence-electron chi connectivity index (χ2n) is 7.06. The van der Waals surface area contributed by atoms with E-state index in [4.69, 9.17) is 0 Å². The van der Waals surface area contributed by atoms with Gasteiger partial charge in [-0.15, -0.1) is 21.5 Å². The Morgan fingerprint density at radius 1 is 1.03 bits per heavy atom. The molecule has 0 aliphatic heterocycles. The molecule has 2 heterocycles. The van der Waals surface area contributed by atoms with E-state index >= 15 is 0 Å². The highest BCUT2D eigenvalue weighted by Gasteiger charge is 2.18. The molecule has 0 aliphatic carbocycles. The molecule has 0 spiro atoms. The van der Waals surface area contributed by atoms with Crippen molar-refractivity contribution in [2.24, 2.45) is 0 Å². The Morgan fingerprint density at radius 3 is 2.56 bits per heavy atom. The molecule has 0 bridgehead atoms. The van der Waals surface area contributed by atoms with E-state index < -0.39 is 11.9 Å². The number of nitrogens with zero attached hydrogens (tertiary/aromatic N) is 3. The third-order valence-corrected chi connectivity index (χ3v) is 6.40. The van der Waals surface area contributed by atoms with Gasteiger partial charge in [-0.25, -0.2) is 4.79 Å². The highest BCUT2D eigenvalue weighted by molar-refractivity contribution is 7.99. The fraction of sp³-hybridized carbons (Fsp3) is 0.130. The molecule has 0 aliphatic rings. The molecule has 4 aromatic rings. The standard InChI is InChI=1S/C23H21N5O2S2/c1-15-10-11-18(16(2)13-15)24-22(30)25-20(29)14-32-23-27-26-21(19-9-6-12-31-19)28(23)17-7-4-3-5-8-17/h3-13H,14H2,1-2H3,(H2,24,25,29,30). The maximum atomic E-state index is 12.4. The van der Waals surface area contributed by atoms with Crippen LogP contribution in [0.4, 0.5) is 10.5 Å². The number of anilines is 1. The van der Waals surface area contributed by atoms with Gasteiger partial charge in [-0.05, 0) is 49.1 Å². The fourth-order valence-corrected chi connectivity index (χ4v) is 4.59. The predicted molar refractivity (Wildman–Crippen MR) is 128 cm³/mol. The molecule has 32 heavy (non-hydrogen) atoms. The highest BCUT2D eigenvalue weighted by Crippen LogP contribution is 2.30. The molecule has 3 amide bonds. The van der Waals surface area contributed by atoms with Gasteiger partial charge in [0.2, 0.25) is 5.91 Å². The first-order valence-electron chi connectivity index (χ1n) is 9.87. The molecule has 0 saturated heterocycles. The lowest BCUT2D eigenvalue weighted by Gasteiger charge is -2.11. The first kappa shape index (κ1) is 21.8. The first-order chi connectivity index (χ1) is 15.5. The summed E-state index contributed by atoms with van der Waals surface area (Å²) < 4.78 is 1.92. The number of aryl methyl sites for hydroxylation is 2. The predicted octanol–water partition coefficient (Wildman–Crippen LogP) is 5.05. The summed E-state index contributed by atoms with van der Waals surface area (Å²) >= 11 is 2.79. The number of aromatic nitrogens is 3. The van der Waals surface area contributed by atoms with E-state index in [1.54, 1.807) is 11.3 Å². The van der Waals surface area contributed by atoms with E-state index in [1.807, 2.05) is 84.5 Å². The van der Waals surface area contributed by atoms with Gasteiger partial charge < -0.3 is 5.32 Å². The molecular formula is C23H21N5O2S2. The molecule has 9 heteroatoms. The number of imide groups is 1. The molecule has 0 radical (unpaired) electrons. The zero-order chi connectivity index (χ0) is 22.5. The highest BCUT2D eigenvalue weighted by atomic mass is 32.2. The Morgan fingerprint density at radius 2 is 1.84 bits per heavy atom. The van der Waals surface area contributed by atoms with Crippen LogP contribution < -0.4 is 10.6 Å². The van der Waals surface area contributed by atoms with Crippen molar-refractivity contribution < 1.29 is 9.59 Å². The molecule has 0 saturated carbocycles. The minimum atomic E-state index is -0.564. The van der Waals surface area contributed by atoms with Gasteiger partial charge in [0.25, 0.3) is 0 Å². The Labute approximate surface area is 193 Å². The van der Waals surface area contributed by atoms with E-state index in [0.29, 0.717) is 16.7 Å².